The van der Waals surface area contributed by atoms with Crippen LogP contribution in [0, 0.1) is 12.8 Å². The summed E-state index contributed by atoms with van der Waals surface area (Å²) >= 11 is 0. The van der Waals surface area contributed by atoms with Crippen molar-refractivity contribution in [3.8, 4) is 0 Å². The first-order valence-electron chi connectivity index (χ1n) is 8.79. The predicted octanol–water partition coefficient (Wildman–Crippen LogP) is 4.14. The fraction of sp³-hybridized carbons (Fsp3) is 0.182. The lowest BCUT2D eigenvalue weighted by molar-refractivity contribution is -0.129. The van der Waals surface area contributed by atoms with Gasteiger partial charge in [-0.2, -0.15) is 0 Å². The average Bonchev–Trinajstić information content (AvgIpc) is 3.05. The van der Waals surface area contributed by atoms with Crippen LogP contribution >= 0.6 is 0 Å². The quantitative estimate of drug-likeness (QED) is 0.726. The molecular weight excluding hydrogens is 324 g/mol. The molecule has 4 rings (SSSR count). The Balaban J connectivity index is 1.51. The Kier molecular flexibility index (Phi) is 4.17. The molecule has 1 N–H and O–H groups in total. The van der Waals surface area contributed by atoms with Crippen molar-refractivity contribution in [1.29, 1.82) is 0 Å². The van der Waals surface area contributed by atoms with E-state index < -0.39 is 5.92 Å². The number of fused-ring (bicyclic) bond motifs is 1. The topological polar surface area (TPSA) is 49.4 Å². The van der Waals surface area contributed by atoms with Crippen molar-refractivity contribution in [2.24, 2.45) is 5.92 Å². The summed E-state index contributed by atoms with van der Waals surface area (Å²) in [5, 5.41) is 5.08. The molecule has 3 aromatic carbocycles. The summed E-state index contributed by atoms with van der Waals surface area (Å²) in [6, 6.07) is 21.6. The van der Waals surface area contributed by atoms with Crippen molar-refractivity contribution in [2.75, 3.05) is 16.8 Å². The van der Waals surface area contributed by atoms with Crippen LogP contribution in [-0.4, -0.2) is 18.4 Å². The zero-order valence-electron chi connectivity index (χ0n) is 14.6. The van der Waals surface area contributed by atoms with Crippen LogP contribution in [0.4, 0.5) is 11.4 Å². The van der Waals surface area contributed by atoms with E-state index in [1.807, 2.05) is 73.7 Å². The van der Waals surface area contributed by atoms with Crippen molar-refractivity contribution in [3.05, 3.63) is 72.3 Å². The van der Waals surface area contributed by atoms with E-state index in [1.165, 1.54) is 0 Å². The van der Waals surface area contributed by atoms with Gasteiger partial charge in [-0.25, -0.2) is 0 Å². The Morgan fingerprint density at radius 2 is 1.73 bits per heavy atom. The van der Waals surface area contributed by atoms with Crippen LogP contribution in [0.3, 0.4) is 0 Å². The highest BCUT2D eigenvalue weighted by atomic mass is 16.2. The minimum Gasteiger partial charge on any atom is -0.325 e. The van der Waals surface area contributed by atoms with Crippen LogP contribution in [-0.2, 0) is 9.59 Å². The molecule has 0 saturated carbocycles. The number of carbonyl (C=O) groups is 2. The monoisotopic (exact) mass is 344 g/mol. The number of amides is 2. The number of nitrogens with one attached hydrogen (secondary N) is 1. The maximum atomic E-state index is 12.8. The first kappa shape index (κ1) is 16.3. The number of anilines is 2. The lowest BCUT2D eigenvalue weighted by atomic mass is 10.1. The third-order valence-corrected chi connectivity index (χ3v) is 4.89. The van der Waals surface area contributed by atoms with Gasteiger partial charge in [-0.1, -0.05) is 48.0 Å². The summed E-state index contributed by atoms with van der Waals surface area (Å²) in [5.74, 6) is -1.00. The smallest absolute Gasteiger partial charge is 0.239 e. The number of benzene rings is 3. The van der Waals surface area contributed by atoms with Gasteiger partial charge in [-0.05, 0) is 48.4 Å². The molecule has 26 heavy (non-hydrogen) atoms. The van der Waals surface area contributed by atoms with Gasteiger partial charge in [0.2, 0.25) is 11.8 Å². The predicted molar refractivity (Wildman–Crippen MR) is 104 cm³/mol. The van der Waals surface area contributed by atoms with Gasteiger partial charge in [0, 0.05) is 17.9 Å². The molecule has 1 fully saturated rings. The van der Waals surface area contributed by atoms with Gasteiger partial charge in [0.15, 0.2) is 0 Å². The van der Waals surface area contributed by atoms with Gasteiger partial charge in [-0.3, -0.25) is 9.59 Å². The van der Waals surface area contributed by atoms with Gasteiger partial charge in [0.1, 0.15) is 5.92 Å². The van der Waals surface area contributed by atoms with Crippen LogP contribution in [0.15, 0.2) is 66.7 Å². The Bertz CT molecular complexity index is 979. The third-order valence-electron chi connectivity index (χ3n) is 4.89. The van der Waals surface area contributed by atoms with Crippen molar-refractivity contribution < 1.29 is 9.59 Å². The second kappa shape index (κ2) is 6.64. The van der Waals surface area contributed by atoms with Crippen molar-refractivity contribution in [3.63, 3.8) is 0 Å². The number of aryl methyl sites for hydroxylation is 1. The molecule has 1 saturated heterocycles. The van der Waals surface area contributed by atoms with Crippen molar-refractivity contribution in [1.82, 2.24) is 0 Å². The van der Waals surface area contributed by atoms with E-state index in [9.17, 15) is 9.59 Å². The maximum absolute atomic E-state index is 12.8. The van der Waals surface area contributed by atoms with E-state index >= 15 is 0 Å². The summed E-state index contributed by atoms with van der Waals surface area (Å²) in [6.07, 6.45) is 0.531. The number of carbonyl (C=O) groups excluding carboxylic acids is 2. The molecule has 0 bridgehead atoms. The third kappa shape index (κ3) is 3.06. The molecule has 0 aromatic heterocycles. The molecule has 4 nitrogen and oxygen atoms in total. The summed E-state index contributed by atoms with van der Waals surface area (Å²) in [5.41, 5.74) is 2.69. The van der Waals surface area contributed by atoms with E-state index in [0.29, 0.717) is 13.0 Å². The Labute approximate surface area is 152 Å². The van der Waals surface area contributed by atoms with E-state index in [0.717, 1.165) is 27.7 Å². The highest BCUT2D eigenvalue weighted by Gasteiger charge is 2.37. The fourth-order valence-corrected chi connectivity index (χ4v) is 3.39. The highest BCUT2D eigenvalue weighted by Crippen LogP contribution is 2.29. The molecule has 0 spiro atoms. The molecule has 2 amide bonds. The zero-order chi connectivity index (χ0) is 18.1. The highest BCUT2D eigenvalue weighted by molar-refractivity contribution is 6.13. The molecule has 0 radical (unpaired) electrons. The van der Waals surface area contributed by atoms with Gasteiger partial charge in [-0.15, -0.1) is 0 Å². The second-order valence-corrected chi connectivity index (χ2v) is 6.72. The van der Waals surface area contributed by atoms with Crippen LogP contribution < -0.4 is 10.2 Å². The summed E-state index contributed by atoms with van der Waals surface area (Å²) in [6.45, 7) is 2.55. The molecular formula is C22H20N2O2. The molecule has 1 aliphatic rings. The molecule has 1 heterocycles. The molecule has 130 valence electrons. The van der Waals surface area contributed by atoms with Gasteiger partial charge in [0.25, 0.3) is 0 Å². The first-order chi connectivity index (χ1) is 12.6. The van der Waals surface area contributed by atoms with E-state index in [2.05, 4.69) is 5.32 Å². The molecule has 1 aliphatic heterocycles. The summed E-state index contributed by atoms with van der Waals surface area (Å²) in [7, 11) is 0. The molecule has 4 heteroatoms. The second-order valence-electron chi connectivity index (χ2n) is 6.72. The SMILES string of the molecule is Cc1ccc(NC(=O)C2CCN(c3ccc4ccccc4c3)C2=O)cc1. The van der Waals surface area contributed by atoms with Crippen molar-refractivity contribution in [2.45, 2.75) is 13.3 Å². The first-order valence-corrected chi connectivity index (χ1v) is 8.79. The lowest BCUT2D eigenvalue weighted by Crippen LogP contribution is -2.33. The fourth-order valence-electron chi connectivity index (χ4n) is 3.39. The Morgan fingerprint density at radius 3 is 2.50 bits per heavy atom. The largest absolute Gasteiger partial charge is 0.325 e. The van der Waals surface area contributed by atoms with E-state index in [1.54, 1.807) is 4.90 Å². The zero-order valence-corrected chi connectivity index (χ0v) is 14.6. The van der Waals surface area contributed by atoms with Gasteiger partial charge >= 0.3 is 0 Å². The number of nitrogens with zero attached hydrogens (tertiary/aromatic N) is 1. The van der Waals surface area contributed by atoms with Crippen LogP contribution in [0.2, 0.25) is 0 Å². The van der Waals surface area contributed by atoms with Gasteiger partial charge < -0.3 is 10.2 Å². The number of hydrogen-bond donors (Lipinski definition) is 1. The molecule has 1 atom stereocenters. The maximum Gasteiger partial charge on any atom is 0.239 e. The minimum absolute atomic E-state index is 0.134. The van der Waals surface area contributed by atoms with Crippen LogP contribution in [0.5, 0.6) is 0 Å². The normalized spacial score (nSPS) is 16.9. The van der Waals surface area contributed by atoms with Crippen molar-refractivity contribution >= 4 is 34.0 Å². The van der Waals surface area contributed by atoms with Crippen LogP contribution in [0.25, 0.3) is 10.8 Å². The summed E-state index contributed by atoms with van der Waals surface area (Å²) in [4.78, 5) is 27.0. The standard InChI is InChI=1S/C22H20N2O2/c1-15-6-9-18(10-7-15)23-21(25)20-12-13-24(22(20)26)19-11-8-16-4-2-3-5-17(16)14-19/h2-11,14,20H,12-13H2,1H3,(H,23,25). The van der Waals surface area contributed by atoms with Crippen LogP contribution in [0.1, 0.15) is 12.0 Å². The average molecular weight is 344 g/mol. The van der Waals surface area contributed by atoms with E-state index in [-0.39, 0.29) is 11.8 Å². The van der Waals surface area contributed by atoms with E-state index in [4.69, 9.17) is 0 Å². The molecule has 3 aromatic rings. The Hall–Kier alpha value is -3.14. The minimum atomic E-state index is -0.636. The molecule has 0 aliphatic carbocycles. The number of hydrogen-bond acceptors (Lipinski definition) is 2. The number of rotatable bonds is 3. The molecule has 1 unspecified atom stereocenters. The lowest BCUT2D eigenvalue weighted by Gasteiger charge is -2.17. The van der Waals surface area contributed by atoms with Gasteiger partial charge in [0.05, 0.1) is 0 Å². The summed E-state index contributed by atoms with van der Waals surface area (Å²) < 4.78 is 0. The Morgan fingerprint density at radius 1 is 1.00 bits per heavy atom.